The highest BCUT2D eigenvalue weighted by molar-refractivity contribution is 7.99. The van der Waals surface area contributed by atoms with E-state index in [9.17, 15) is 5.26 Å². The largest absolute Gasteiger partial charge is 0.379 e. The summed E-state index contributed by atoms with van der Waals surface area (Å²) < 4.78 is 5.56. The standard InChI is InChI=1S/C19H26N2OS/c20-15-19(9-3-13-22-16-19)17-5-7-18(8-6-17)23-14-4-12-21-10-1-2-11-21/h5-8H,1-4,9-14,16H2. The molecule has 2 saturated heterocycles. The molecule has 0 bridgehead atoms. The van der Waals surface area contributed by atoms with Gasteiger partial charge in [-0.25, -0.2) is 0 Å². The quantitative estimate of drug-likeness (QED) is 0.586. The van der Waals surface area contributed by atoms with Gasteiger partial charge in [-0.3, -0.25) is 0 Å². The third kappa shape index (κ3) is 4.29. The highest BCUT2D eigenvalue weighted by Crippen LogP contribution is 2.33. The van der Waals surface area contributed by atoms with E-state index in [4.69, 9.17) is 4.74 Å². The molecule has 2 aliphatic heterocycles. The van der Waals surface area contributed by atoms with Crippen molar-refractivity contribution in [1.29, 1.82) is 5.26 Å². The summed E-state index contributed by atoms with van der Waals surface area (Å²) in [6, 6.07) is 11.1. The molecular weight excluding hydrogens is 304 g/mol. The predicted octanol–water partition coefficient (Wildman–Crippen LogP) is 3.84. The lowest BCUT2D eigenvalue weighted by Gasteiger charge is -2.31. The molecule has 2 heterocycles. The van der Waals surface area contributed by atoms with Gasteiger partial charge in [-0.15, -0.1) is 11.8 Å². The molecule has 0 aromatic heterocycles. The second kappa shape index (κ2) is 8.19. The second-order valence-electron chi connectivity index (χ2n) is 6.63. The first-order valence-electron chi connectivity index (χ1n) is 8.77. The Balaban J connectivity index is 1.49. The third-order valence-electron chi connectivity index (χ3n) is 4.95. The summed E-state index contributed by atoms with van der Waals surface area (Å²) in [7, 11) is 0. The molecule has 2 aliphatic rings. The maximum absolute atomic E-state index is 9.60. The minimum atomic E-state index is -0.433. The second-order valence-corrected chi connectivity index (χ2v) is 7.79. The van der Waals surface area contributed by atoms with Crippen molar-refractivity contribution >= 4 is 11.8 Å². The summed E-state index contributed by atoms with van der Waals surface area (Å²) in [6.07, 6.45) is 5.88. The molecule has 1 unspecified atom stereocenters. The molecule has 0 aliphatic carbocycles. The third-order valence-corrected chi connectivity index (χ3v) is 6.05. The first kappa shape index (κ1) is 16.8. The zero-order valence-corrected chi connectivity index (χ0v) is 14.6. The van der Waals surface area contributed by atoms with E-state index in [2.05, 4.69) is 35.2 Å². The van der Waals surface area contributed by atoms with Crippen LogP contribution in [0, 0.1) is 11.3 Å². The number of likely N-dealkylation sites (tertiary alicyclic amines) is 1. The molecule has 4 heteroatoms. The van der Waals surface area contributed by atoms with Gasteiger partial charge in [-0.05, 0) is 75.2 Å². The van der Waals surface area contributed by atoms with E-state index >= 15 is 0 Å². The van der Waals surface area contributed by atoms with Gasteiger partial charge < -0.3 is 9.64 Å². The van der Waals surface area contributed by atoms with Gasteiger partial charge in [-0.2, -0.15) is 5.26 Å². The number of nitrogens with zero attached hydrogens (tertiary/aromatic N) is 2. The van der Waals surface area contributed by atoms with Crippen molar-refractivity contribution in [2.75, 3.05) is 38.6 Å². The first-order valence-corrected chi connectivity index (χ1v) is 9.76. The van der Waals surface area contributed by atoms with E-state index in [0.29, 0.717) is 6.61 Å². The van der Waals surface area contributed by atoms with Crippen LogP contribution in [0.4, 0.5) is 0 Å². The minimum absolute atomic E-state index is 0.433. The van der Waals surface area contributed by atoms with Gasteiger partial charge in [0.25, 0.3) is 0 Å². The minimum Gasteiger partial charge on any atom is -0.379 e. The summed E-state index contributed by atoms with van der Waals surface area (Å²) >= 11 is 1.92. The van der Waals surface area contributed by atoms with Crippen molar-refractivity contribution in [1.82, 2.24) is 4.90 Å². The Hall–Kier alpha value is -1.02. The molecule has 0 saturated carbocycles. The topological polar surface area (TPSA) is 36.3 Å². The maximum atomic E-state index is 9.60. The van der Waals surface area contributed by atoms with Crippen molar-refractivity contribution < 1.29 is 4.74 Å². The summed E-state index contributed by atoms with van der Waals surface area (Å²) in [5, 5.41) is 9.60. The fourth-order valence-electron chi connectivity index (χ4n) is 3.53. The molecule has 3 nitrogen and oxygen atoms in total. The van der Waals surface area contributed by atoms with Crippen LogP contribution in [0.15, 0.2) is 29.2 Å². The van der Waals surface area contributed by atoms with Gasteiger partial charge in [0.1, 0.15) is 5.41 Å². The highest BCUT2D eigenvalue weighted by Gasteiger charge is 2.34. The van der Waals surface area contributed by atoms with Crippen molar-refractivity contribution in [3.05, 3.63) is 29.8 Å². The van der Waals surface area contributed by atoms with Gasteiger partial charge in [0.2, 0.25) is 0 Å². The van der Waals surface area contributed by atoms with E-state index in [1.54, 1.807) is 0 Å². The molecule has 2 fully saturated rings. The van der Waals surface area contributed by atoms with E-state index in [0.717, 1.165) is 25.0 Å². The maximum Gasteiger partial charge on any atom is 0.106 e. The van der Waals surface area contributed by atoms with Gasteiger partial charge in [-0.1, -0.05) is 12.1 Å². The van der Waals surface area contributed by atoms with E-state index in [1.807, 2.05) is 11.8 Å². The van der Waals surface area contributed by atoms with Crippen LogP contribution in [-0.2, 0) is 10.2 Å². The van der Waals surface area contributed by atoms with Crippen LogP contribution >= 0.6 is 11.8 Å². The average molecular weight is 330 g/mol. The Kier molecular flexibility index (Phi) is 5.99. The molecule has 1 aromatic carbocycles. The molecule has 0 radical (unpaired) electrons. The fraction of sp³-hybridized carbons (Fsp3) is 0.632. The summed E-state index contributed by atoms with van der Waals surface area (Å²) in [6.45, 7) is 5.13. The summed E-state index contributed by atoms with van der Waals surface area (Å²) in [5.74, 6) is 1.17. The zero-order chi connectivity index (χ0) is 16.0. The molecular formula is C19H26N2OS. The number of benzene rings is 1. The Morgan fingerprint density at radius 2 is 1.96 bits per heavy atom. The van der Waals surface area contributed by atoms with Crippen LogP contribution < -0.4 is 0 Å². The van der Waals surface area contributed by atoms with Crippen LogP contribution in [0.1, 0.15) is 37.7 Å². The molecule has 124 valence electrons. The van der Waals surface area contributed by atoms with Gasteiger partial charge >= 0.3 is 0 Å². The molecule has 23 heavy (non-hydrogen) atoms. The number of hydrogen-bond donors (Lipinski definition) is 0. The smallest absolute Gasteiger partial charge is 0.106 e. The van der Waals surface area contributed by atoms with Gasteiger partial charge in [0.05, 0.1) is 12.7 Å². The van der Waals surface area contributed by atoms with Crippen molar-refractivity contribution in [3.8, 4) is 6.07 Å². The number of thioether (sulfide) groups is 1. The molecule has 3 rings (SSSR count). The van der Waals surface area contributed by atoms with E-state index < -0.39 is 5.41 Å². The lowest BCUT2D eigenvalue weighted by molar-refractivity contribution is 0.0563. The predicted molar refractivity (Wildman–Crippen MR) is 94.8 cm³/mol. The van der Waals surface area contributed by atoms with Gasteiger partial charge in [0, 0.05) is 11.5 Å². The van der Waals surface area contributed by atoms with Gasteiger partial charge in [0.15, 0.2) is 0 Å². The van der Waals surface area contributed by atoms with Crippen LogP contribution in [0.5, 0.6) is 0 Å². The Morgan fingerprint density at radius 1 is 1.17 bits per heavy atom. The van der Waals surface area contributed by atoms with Crippen LogP contribution in [-0.4, -0.2) is 43.5 Å². The first-order chi connectivity index (χ1) is 11.3. The lowest BCUT2D eigenvalue weighted by atomic mass is 9.78. The molecule has 1 atom stereocenters. The highest BCUT2D eigenvalue weighted by atomic mass is 32.2. The average Bonchev–Trinajstić information content (AvgIpc) is 3.13. The van der Waals surface area contributed by atoms with Crippen molar-refractivity contribution in [3.63, 3.8) is 0 Å². The SMILES string of the molecule is N#CC1(c2ccc(SCCCN3CCCC3)cc2)CCCOC1. The Labute approximate surface area is 144 Å². The van der Waals surface area contributed by atoms with Crippen molar-refractivity contribution in [2.24, 2.45) is 0 Å². The van der Waals surface area contributed by atoms with Crippen LogP contribution in [0.2, 0.25) is 0 Å². The molecule has 0 N–H and O–H groups in total. The number of ether oxygens (including phenoxy) is 1. The van der Waals surface area contributed by atoms with Crippen molar-refractivity contribution in [2.45, 2.75) is 42.4 Å². The Bertz CT molecular complexity index is 525. The number of rotatable bonds is 6. The molecule has 0 spiro atoms. The van der Waals surface area contributed by atoms with Crippen LogP contribution in [0.3, 0.4) is 0 Å². The molecule has 1 aromatic rings. The number of nitriles is 1. The lowest BCUT2D eigenvalue weighted by Crippen LogP contribution is -2.34. The van der Waals surface area contributed by atoms with Crippen LogP contribution in [0.25, 0.3) is 0 Å². The summed E-state index contributed by atoms with van der Waals surface area (Å²) in [5.41, 5.74) is 0.679. The number of hydrogen-bond acceptors (Lipinski definition) is 4. The van der Waals surface area contributed by atoms with E-state index in [-0.39, 0.29) is 0 Å². The Morgan fingerprint density at radius 3 is 2.61 bits per heavy atom. The monoisotopic (exact) mass is 330 g/mol. The zero-order valence-electron chi connectivity index (χ0n) is 13.8. The summed E-state index contributed by atoms with van der Waals surface area (Å²) in [4.78, 5) is 3.88. The van der Waals surface area contributed by atoms with E-state index in [1.165, 1.54) is 49.5 Å². The fourth-order valence-corrected chi connectivity index (χ4v) is 4.37. The normalized spacial score (nSPS) is 25.3. The molecule has 0 amide bonds.